The van der Waals surface area contributed by atoms with Crippen molar-refractivity contribution in [1.82, 2.24) is 4.98 Å². The summed E-state index contributed by atoms with van der Waals surface area (Å²) in [5.74, 6) is 1.50. The van der Waals surface area contributed by atoms with Gasteiger partial charge in [-0.1, -0.05) is 27.2 Å². The van der Waals surface area contributed by atoms with E-state index in [4.69, 9.17) is 4.74 Å². The molecule has 3 heteroatoms. The number of esters is 1. The highest BCUT2D eigenvalue weighted by Crippen LogP contribution is 2.35. The van der Waals surface area contributed by atoms with Crippen LogP contribution in [0, 0.1) is 17.8 Å². The predicted molar refractivity (Wildman–Crippen MR) is 71.3 cm³/mol. The van der Waals surface area contributed by atoms with Crippen LogP contribution in [-0.4, -0.2) is 17.1 Å². The standard InChI is InChI=1S/C15H23NO2/c1-10(2)12-7-6-11(3)9-14(12)18-15(17)13-5-4-8-16-13/h4-5,8,10-12,14,16H,6-7,9H2,1-3H3. The molecule has 1 fully saturated rings. The molecule has 1 aromatic heterocycles. The van der Waals surface area contributed by atoms with Crippen molar-refractivity contribution in [3.63, 3.8) is 0 Å². The first-order chi connectivity index (χ1) is 8.58. The van der Waals surface area contributed by atoms with Crippen molar-refractivity contribution in [3.8, 4) is 0 Å². The Hall–Kier alpha value is -1.25. The van der Waals surface area contributed by atoms with Crippen LogP contribution < -0.4 is 0 Å². The highest BCUT2D eigenvalue weighted by atomic mass is 16.5. The largest absolute Gasteiger partial charge is 0.457 e. The molecule has 1 aliphatic rings. The molecular formula is C15H23NO2. The maximum Gasteiger partial charge on any atom is 0.355 e. The smallest absolute Gasteiger partial charge is 0.355 e. The predicted octanol–water partition coefficient (Wildman–Crippen LogP) is 3.63. The molecule has 0 bridgehead atoms. The first-order valence-electron chi connectivity index (χ1n) is 6.92. The van der Waals surface area contributed by atoms with Crippen molar-refractivity contribution < 1.29 is 9.53 Å². The van der Waals surface area contributed by atoms with Gasteiger partial charge in [0.1, 0.15) is 11.8 Å². The molecule has 3 atom stereocenters. The third-order valence-corrected chi connectivity index (χ3v) is 4.04. The van der Waals surface area contributed by atoms with E-state index >= 15 is 0 Å². The van der Waals surface area contributed by atoms with Crippen LogP contribution in [0.2, 0.25) is 0 Å². The van der Waals surface area contributed by atoms with E-state index in [0.717, 1.165) is 6.42 Å². The number of H-pyrrole nitrogens is 1. The minimum absolute atomic E-state index is 0.0737. The molecule has 0 amide bonds. The van der Waals surface area contributed by atoms with Crippen molar-refractivity contribution in [2.75, 3.05) is 0 Å². The van der Waals surface area contributed by atoms with Gasteiger partial charge in [0.2, 0.25) is 0 Å². The van der Waals surface area contributed by atoms with Crippen LogP contribution in [0.15, 0.2) is 18.3 Å². The minimum Gasteiger partial charge on any atom is -0.457 e. The molecule has 3 nitrogen and oxygen atoms in total. The molecular weight excluding hydrogens is 226 g/mol. The maximum absolute atomic E-state index is 12.0. The number of hydrogen-bond acceptors (Lipinski definition) is 2. The van der Waals surface area contributed by atoms with E-state index in [2.05, 4.69) is 25.8 Å². The number of ether oxygens (including phenoxy) is 1. The summed E-state index contributed by atoms with van der Waals surface area (Å²) >= 11 is 0. The molecule has 0 spiro atoms. The third-order valence-electron chi connectivity index (χ3n) is 4.04. The second-order valence-corrected chi connectivity index (χ2v) is 5.85. The number of nitrogens with one attached hydrogen (secondary N) is 1. The van der Waals surface area contributed by atoms with Crippen LogP contribution >= 0.6 is 0 Å². The molecule has 2 rings (SSSR count). The van der Waals surface area contributed by atoms with Gasteiger partial charge in [0, 0.05) is 6.20 Å². The molecule has 0 radical (unpaired) electrons. The molecule has 3 unspecified atom stereocenters. The van der Waals surface area contributed by atoms with E-state index in [-0.39, 0.29) is 12.1 Å². The first kappa shape index (κ1) is 13.2. The first-order valence-corrected chi connectivity index (χ1v) is 6.92. The number of carbonyl (C=O) groups excluding carboxylic acids is 1. The van der Waals surface area contributed by atoms with E-state index in [0.29, 0.717) is 23.4 Å². The Kier molecular flexibility index (Phi) is 4.10. The summed E-state index contributed by atoms with van der Waals surface area (Å²) in [6.07, 6.45) is 5.24. The zero-order valence-corrected chi connectivity index (χ0v) is 11.5. The summed E-state index contributed by atoms with van der Waals surface area (Å²) in [5.41, 5.74) is 0.552. The number of carbonyl (C=O) groups is 1. The van der Waals surface area contributed by atoms with Gasteiger partial charge in [0.15, 0.2) is 0 Å². The highest BCUT2D eigenvalue weighted by Gasteiger charge is 2.33. The van der Waals surface area contributed by atoms with Crippen molar-refractivity contribution >= 4 is 5.97 Å². The summed E-state index contributed by atoms with van der Waals surface area (Å²) in [4.78, 5) is 14.9. The van der Waals surface area contributed by atoms with E-state index < -0.39 is 0 Å². The monoisotopic (exact) mass is 249 g/mol. The van der Waals surface area contributed by atoms with E-state index in [1.165, 1.54) is 12.8 Å². The molecule has 100 valence electrons. The molecule has 0 aromatic carbocycles. The zero-order chi connectivity index (χ0) is 13.1. The number of hydrogen-bond donors (Lipinski definition) is 1. The summed E-state index contributed by atoms with van der Waals surface area (Å²) in [7, 11) is 0. The lowest BCUT2D eigenvalue weighted by Crippen LogP contribution is -2.35. The second kappa shape index (κ2) is 5.59. The summed E-state index contributed by atoms with van der Waals surface area (Å²) in [6, 6.07) is 3.58. The Morgan fingerprint density at radius 1 is 1.44 bits per heavy atom. The van der Waals surface area contributed by atoms with Gasteiger partial charge in [-0.3, -0.25) is 0 Å². The fourth-order valence-electron chi connectivity index (χ4n) is 2.91. The Morgan fingerprint density at radius 3 is 2.83 bits per heavy atom. The van der Waals surface area contributed by atoms with Gasteiger partial charge in [0.05, 0.1) is 0 Å². The Bertz CT molecular complexity index is 383. The number of aromatic amines is 1. The highest BCUT2D eigenvalue weighted by molar-refractivity contribution is 5.87. The fourth-order valence-corrected chi connectivity index (χ4v) is 2.91. The summed E-state index contributed by atoms with van der Waals surface area (Å²) in [6.45, 7) is 6.68. The molecule has 1 aromatic rings. The molecule has 1 aliphatic carbocycles. The Labute approximate surface area is 109 Å². The molecule has 1 heterocycles. The van der Waals surface area contributed by atoms with E-state index in [1.807, 2.05) is 6.07 Å². The maximum atomic E-state index is 12.0. The molecule has 0 saturated heterocycles. The Balaban J connectivity index is 2.02. The van der Waals surface area contributed by atoms with Crippen LogP contribution in [0.5, 0.6) is 0 Å². The van der Waals surface area contributed by atoms with Crippen LogP contribution in [0.1, 0.15) is 50.5 Å². The van der Waals surface area contributed by atoms with Gasteiger partial charge < -0.3 is 9.72 Å². The zero-order valence-electron chi connectivity index (χ0n) is 11.5. The average Bonchev–Trinajstić information content (AvgIpc) is 2.81. The normalized spacial score (nSPS) is 28.3. The van der Waals surface area contributed by atoms with Gasteiger partial charge >= 0.3 is 5.97 Å². The SMILES string of the molecule is CC1CCC(C(C)C)C(OC(=O)c2ccc[nH]2)C1. The van der Waals surface area contributed by atoms with Gasteiger partial charge in [0.25, 0.3) is 0 Å². The molecule has 0 aliphatic heterocycles. The quantitative estimate of drug-likeness (QED) is 0.831. The van der Waals surface area contributed by atoms with Crippen LogP contribution in [0.25, 0.3) is 0 Å². The second-order valence-electron chi connectivity index (χ2n) is 5.85. The van der Waals surface area contributed by atoms with Crippen LogP contribution in [-0.2, 0) is 4.74 Å². The van der Waals surface area contributed by atoms with Crippen LogP contribution in [0.3, 0.4) is 0 Å². The van der Waals surface area contributed by atoms with E-state index in [1.54, 1.807) is 12.3 Å². The minimum atomic E-state index is -0.218. The van der Waals surface area contributed by atoms with Crippen molar-refractivity contribution in [2.45, 2.75) is 46.1 Å². The average molecular weight is 249 g/mol. The van der Waals surface area contributed by atoms with Gasteiger partial charge in [-0.25, -0.2) is 4.79 Å². The topological polar surface area (TPSA) is 42.1 Å². The van der Waals surface area contributed by atoms with E-state index in [9.17, 15) is 4.79 Å². The van der Waals surface area contributed by atoms with Crippen molar-refractivity contribution in [2.24, 2.45) is 17.8 Å². The van der Waals surface area contributed by atoms with Crippen molar-refractivity contribution in [1.29, 1.82) is 0 Å². The number of rotatable bonds is 3. The molecule has 1 saturated carbocycles. The lowest BCUT2D eigenvalue weighted by molar-refractivity contribution is -0.0178. The third kappa shape index (κ3) is 2.95. The van der Waals surface area contributed by atoms with Gasteiger partial charge in [-0.15, -0.1) is 0 Å². The lowest BCUT2D eigenvalue weighted by atomic mass is 9.75. The number of aromatic nitrogens is 1. The molecule has 18 heavy (non-hydrogen) atoms. The summed E-state index contributed by atoms with van der Waals surface area (Å²) < 4.78 is 5.71. The van der Waals surface area contributed by atoms with Crippen LogP contribution in [0.4, 0.5) is 0 Å². The lowest BCUT2D eigenvalue weighted by Gasteiger charge is -2.36. The fraction of sp³-hybridized carbons (Fsp3) is 0.667. The Morgan fingerprint density at radius 2 is 2.22 bits per heavy atom. The van der Waals surface area contributed by atoms with Gasteiger partial charge in [-0.05, 0) is 42.7 Å². The van der Waals surface area contributed by atoms with Gasteiger partial charge in [-0.2, -0.15) is 0 Å². The molecule has 1 N–H and O–H groups in total. The summed E-state index contributed by atoms with van der Waals surface area (Å²) in [5, 5.41) is 0. The van der Waals surface area contributed by atoms with Crippen molar-refractivity contribution in [3.05, 3.63) is 24.0 Å².